The molecule has 1 aromatic heterocycles. The number of carbonyl (C=O) groups excluding carboxylic acids is 2. The van der Waals surface area contributed by atoms with Gasteiger partial charge in [0.2, 0.25) is 5.91 Å². The molecule has 2 aromatic rings. The standard InChI is InChI=1S/C22H30N4O2/c1-3-26-20(10-13-24-26)22(28)25-14-11-19(12-15-25)16-18-6-4-17(5-7-18)8-9-21(27)23-2/h4-7,10,13,19H,3,8-9,11-12,14-16H2,1-2H3,(H,23,27). The van der Waals surface area contributed by atoms with Gasteiger partial charge in [0.25, 0.3) is 5.91 Å². The van der Waals surface area contributed by atoms with Gasteiger partial charge in [-0.2, -0.15) is 5.10 Å². The van der Waals surface area contributed by atoms with Crippen LogP contribution in [0, 0.1) is 5.92 Å². The molecule has 0 aliphatic carbocycles. The molecule has 2 heterocycles. The number of aromatic nitrogens is 2. The number of nitrogens with zero attached hydrogens (tertiary/aromatic N) is 3. The number of amides is 2. The first-order valence-corrected chi connectivity index (χ1v) is 10.2. The largest absolute Gasteiger partial charge is 0.359 e. The first kappa shape index (κ1) is 20.1. The first-order valence-electron chi connectivity index (χ1n) is 10.2. The van der Waals surface area contributed by atoms with E-state index in [-0.39, 0.29) is 11.8 Å². The predicted molar refractivity (Wildman–Crippen MR) is 109 cm³/mol. The van der Waals surface area contributed by atoms with E-state index >= 15 is 0 Å². The minimum atomic E-state index is 0.0763. The number of carbonyl (C=O) groups is 2. The number of likely N-dealkylation sites (tertiary alicyclic amines) is 1. The lowest BCUT2D eigenvalue weighted by Gasteiger charge is -2.32. The quantitative estimate of drug-likeness (QED) is 0.801. The SMILES string of the molecule is CCn1nccc1C(=O)N1CCC(Cc2ccc(CCC(=O)NC)cc2)CC1. The molecule has 0 unspecified atom stereocenters. The Morgan fingerprint density at radius 3 is 2.43 bits per heavy atom. The van der Waals surface area contributed by atoms with Gasteiger partial charge in [0.1, 0.15) is 5.69 Å². The van der Waals surface area contributed by atoms with E-state index in [1.807, 2.05) is 17.9 Å². The number of hydrogen-bond acceptors (Lipinski definition) is 3. The van der Waals surface area contributed by atoms with Gasteiger partial charge in [-0.15, -0.1) is 0 Å². The lowest BCUT2D eigenvalue weighted by atomic mass is 9.89. The fourth-order valence-corrected chi connectivity index (χ4v) is 3.83. The lowest BCUT2D eigenvalue weighted by Crippen LogP contribution is -2.39. The summed E-state index contributed by atoms with van der Waals surface area (Å²) in [6, 6.07) is 10.4. The summed E-state index contributed by atoms with van der Waals surface area (Å²) >= 11 is 0. The van der Waals surface area contributed by atoms with Gasteiger partial charge in [-0.05, 0) is 55.7 Å². The maximum Gasteiger partial charge on any atom is 0.272 e. The van der Waals surface area contributed by atoms with Crippen LogP contribution in [0.15, 0.2) is 36.5 Å². The minimum Gasteiger partial charge on any atom is -0.359 e. The van der Waals surface area contributed by atoms with Gasteiger partial charge in [0.15, 0.2) is 0 Å². The first-order chi connectivity index (χ1) is 13.6. The average molecular weight is 383 g/mol. The molecule has 6 nitrogen and oxygen atoms in total. The van der Waals surface area contributed by atoms with Crippen LogP contribution in [0.1, 0.15) is 47.8 Å². The van der Waals surface area contributed by atoms with Gasteiger partial charge in [0, 0.05) is 39.3 Å². The van der Waals surface area contributed by atoms with E-state index in [2.05, 4.69) is 34.7 Å². The van der Waals surface area contributed by atoms with E-state index in [4.69, 9.17) is 0 Å². The second kappa shape index (κ2) is 9.53. The van der Waals surface area contributed by atoms with Crippen LogP contribution in [0.2, 0.25) is 0 Å². The van der Waals surface area contributed by atoms with Crippen molar-refractivity contribution in [3.8, 4) is 0 Å². The average Bonchev–Trinajstić information content (AvgIpc) is 3.22. The van der Waals surface area contributed by atoms with Crippen LogP contribution in [0.3, 0.4) is 0 Å². The highest BCUT2D eigenvalue weighted by Crippen LogP contribution is 2.23. The maximum atomic E-state index is 12.7. The van der Waals surface area contributed by atoms with Crippen molar-refractivity contribution >= 4 is 11.8 Å². The van der Waals surface area contributed by atoms with Crippen molar-refractivity contribution in [2.75, 3.05) is 20.1 Å². The van der Waals surface area contributed by atoms with Crippen molar-refractivity contribution in [1.29, 1.82) is 0 Å². The molecule has 3 rings (SSSR count). The third-order valence-electron chi connectivity index (χ3n) is 5.60. The maximum absolute atomic E-state index is 12.7. The fourth-order valence-electron chi connectivity index (χ4n) is 3.83. The number of benzene rings is 1. The highest BCUT2D eigenvalue weighted by atomic mass is 16.2. The molecule has 1 fully saturated rings. The van der Waals surface area contributed by atoms with E-state index in [9.17, 15) is 9.59 Å². The molecular formula is C22H30N4O2. The summed E-state index contributed by atoms with van der Waals surface area (Å²) in [5.41, 5.74) is 3.21. The molecule has 0 atom stereocenters. The van der Waals surface area contributed by atoms with Gasteiger partial charge in [-0.25, -0.2) is 0 Å². The van der Waals surface area contributed by atoms with E-state index < -0.39 is 0 Å². The third kappa shape index (κ3) is 5.00. The zero-order chi connectivity index (χ0) is 19.9. The normalized spacial score (nSPS) is 14.9. The molecule has 1 aromatic carbocycles. The molecule has 1 N–H and O–H groups in total. The van der Waals surface area contributed by atoms with Crippen molar-refractivity contribution in [2.45, 2.75) is 45.6 Å². The Bertz CT molecular complexity index is 789. The third-order valence-corrected chi connectivity index (χ3v) is 5.60. The van der Waals surface area contributed by atoms with Gasteiger partial charge in [-0.3, -0.25) is 14.3 Å². The molecule has 0 bridgehead atoms. The summed E-state index contributed by atoms with van der Waals surface area (Å²) in [6.45, 7) is 4.33. The molecule has 150 valence electrons. The topological polar surface area (TPSA) is 67.2 Å². The molecule has 0 spiro atoms. The second-order valence-electron chi connectivity index (χ2n) is 7.46. The summed E-state index contributed by atoms with van der Waals surface area (Å²) in [4.78, 5) is 26.0. The van der Waals surface area contributed by atoms with Gasteiger partial charge < -0.3 is 10.2 Å². The monoisotopic (exact) mass is 382 g/mol. The van der Waals surface area contributed by atoms with Crippen LogP contribution in [-0.4, -0.2) is 46.6 Å². The molecule has 1 aliphatic heterocycles. The van der Waals surface area contributed by atoms with Crippen LogP contribution in [0.5, 0.6) is 0 Å². The highest BCUT2D eigenvalue weighted by molar-refractivity contribution is 5.92. The van der Waals surface area contributed by atoms with Crippen molar-refractivity contribution in [1.82, 2.24) is 20.0 Å². The summed E-state index contributed by atoms with van der Waals surface area (Å²) in [6.07, 6.45) is 6.11. The Morgan fingerprint density at radius 2 is 1.79 bits per heavy atom. The van der Waals surface area contributed by atoms with Crippen molar-refractivity contribution in [3.05, 3.63) is 53.3 Å². The number of rotatable bonds is 7. The summed E-state index contributed by atoms with van der Waals surface area (Å²) in [7, 11) is 1.67. The van der Waals surface area contributed by atoms with Crippen LogP contribution in [-0.2, 0) is 24.2 Å². The Kier molecular flexibility index (Phi) is 6.85. The number of nitrogens with one attached hydrogen (secondary N) is 1. The number of piperidine rings is 1. The van der Waals surface area contributed by atoms with E-state index in [0.29, 0.717) is 24.6 Å². The lowest BCUT2D eigenvalue weighted by molar-refractivity contribution is -0.120. The summed E-state index contributed by atoms with van der Waals surface area (Å²) < 4.78 is 1.76. The van der Waals surface area contributed by atoms with Crippen molar-refractivity contribution in [3.63, 3.8) is 0 Å². The molecule has 1 saturated heterocycles. The molecule has 28 heavy (non-hydrogen) atoms. The van der Waals surface area contributed by atoms with Gasteiger partial charge in [-0.1, -0.05) is 24.3 Å². The van der Waals surface area contributed by atoms with Crippen LogP contribution < -0.4 is 5.32 Å². The Morgan fingerprint density at radius 1 is 1.11 bits per heavy atom. The Hall–Kier alpha value is -2.63. The zero-order valence-corrected chi connectivity index (χ0v) is 16.9. The number of aryl methyl sites for hydroxylation is 2. The molecular weight excluding hydrogens is 352 g/mol. The van der Waals surface area contributed by atoms with Crippen molar-refractivity contribution < 1.29 is 9.59 Å². The highest BCUT2D eigenvalue weighted by Gasteiger charge is 2.25. The van der Waals surface area contributed by atoms with Crippen LogP contribution in [0.4, 0.5) is 0 Å². The predicted octanol–water partition coefficient (Wildman–Crippen LogP) is 2.68. The fraction of sp³-hybridized carbons (Fsp3) is 0.500. The Balaban J connectivity index is 1.47. The molecule has 6 heteroatoms. The number of hydrogen-bond donors (Lipinski definition) is 1. The molecule has 2 amide bonds. The summed E-state index contributed by atoms with van der Waals surface area (Å²) in [5.74, 6) is 0.780. The molecule has 0 radical (unpaired) electrons. The van der Waals surface area contributed by atoms with Crippen LogP contribution >= 0.6 is 0 Å². The second-order valence-corrected chi connectivity index (χ2v) is 7.46. The smallest absolute Gasteiger partial charge is 0.272 e. The molecule has 0 saturated carbocycles. The van der Waals surface area contributed by atoms with Crippen molar-refractivity contribution in [2.24, 2.45) is 5.92 Å². The van der Waals surface area contributed by atoms with E-state index in [1.165, 1.54) is 11.1 Å². The van der Waals surface area contributed by atoms with E-state index in [0.717, 1.165) is 38.8 Å². The molecule has 1 aliphatic rings. The van der Waals surface area contributed by atoms with Gasteiger partial charge in [0.05, 0.1) is 0 Å². The summed E-state index contributed by atoms with van der Waals surface area (Å²) in [5, 5.41) is 6.86. The Labute approximate surface area is 166 Å². The zero-order valence-electron chi connectivity index (χ0n) is 16.9. The van der Waals surface area contributed by atoms with Crippen LogP contribution in [0.25, 0.3) is 0 Å². The van der Waals surface area contributed by atoms with E-state index in [1.54, 1.807) is 17.9 Å². The minimum absolute atomic E-state index is 0.0763. The van der Waals surface area contributed by atoms with Gasteiger partial charge >= 0.3 is 0 Å².